The Labute approximate surface area is 110 Å². The van der Waals surface area contributed by atoms with Crippen LogP contribution in [-0.4, -0.2) is 23.9 Å². The molecule has 0 saturated heterocycles. The molecular formula is C11H10F5NO3. The van der Waals surface area contributed by atoms with E-state index < -0.39 is 48.4 Å². The number of esters is 1. The molecule has 0 N–H and O–H groups in total. The number of nitrogens with zero attached hydrogens (tertiary/aromatic N) is 1. The summed E-state index contributed by atoms with van der Waals surface area (Å²) in [7, 11) is 0. The SMILES string of the molecule is CCOC(=O)Cc1nc(F)cc(CF)c1OC(F)(F)F. The van der Waals surface area contributed by atoms with Gasteiger partial charge in [0, 0.05) is 11.6 Å². The minimum Gasteiger partial charge on any atom is -0.466 e. The van der Waals surface area contributed by atoms with Crippen LogP contribution >= 0.6 is 0 Å². The van der Waals surface area contributed by atoms with Crippen LogP contribution in [0, 0.1) is 5.95 Å². The van der Waals surface area contributed by atoms with Gasteiger partial charge in [0.25, 0.3) is 0 Å². The minimum absolute atomic E-state index is 0.0143. The zero-order valence-electron chi connectivity index (χ0n) is 10.3. The third kappa shape index (κ3) is 4.63. The van der Waals surface area contributed by atoms with Gasteiger partial charge in [-0.1, -0.05) is 0 Å². The molecule has 1 aromatic rings. The Morgan fingerprint density at radius 1 is 1.40 bits per heavy atom. The maximum atomic E-state index is 13.1. The van der Waals surface area contributed by atoms with E-state index in [-0.39, 0.29) is 6.61 Å². The molecule has 0 bridgehead atoms. The van der Waals surface area contributed by atoms with E-state index in [0.717, 1.165) is 0 Å². The topological polar surface area (TPSA) is 48.4 Å². The number of aromatic nitrogens is 1. The number of carbonyl (C=O) groups is 1. The Morgan fingerprint density at radius 2 is 2.05 bits per heavy atom. The molecule has 0 fully saturated rings. The van der Waals surface area contributed by atoms with Crippen molar-refractivity contribution in [2.75, 3.05) is 6.61 Å². The van der Waals surface area contributed by atoms with Gasteiger partial charge in [-0.2, -0.15) is 4.39 Å². The van der Waals surface area contributed by atoms with E-state index in [9.17, 15) is 26.7 Å². The van der Waals surface area contributed by atoms with Gasteiger partial charge in [0.2, 0.25) is 5.95 Å². The van der Waals surface area contributed by atoms with E-state index in [1.54, 1.807) is 0 Å². The van der Waals surface area contributed by atoms with Gasteiger partial charge in [0.05, 0.1) is 18.7 Å². The van der Waals surface area contributed by atoms with Crippen molar-refractivity contribution < 1.29 is 36.2 Å². The molecule has 9 heteroatoms. The molecule has 1 aromatic heterocycles. The fourth-order valence-electron chi connectivity index (χ4n) is 1.41. The summed E-state index contributed by atoms with van der Waals surface area (Å²) >= 11 is 0. The largest absolute Gasteiger partial charge is 0.573 e. The Morgan fingerprint density at radius 3 is 2.55 bits per heavy atom. The van der Waals surface area contributed by atoms with Crippen molar-refractivity contribution >= 4 is 5.97 Å². The third-order valence-electron chi connectivity index (χ3n) is 2.07. The first-order chi connectivity index (χ1) is 9.26. The summed E-state index contributed by atoms with van der Waals surface area (Å²) in [6.45, 7) is 0.0667. The van der Waals surface area contributed by atoms with Gasteiger partial charge in [-0.3, -0.25) is 4.79 Å². The van der Waals surface area contributed by atoms with E-state index in [0.29, 0.717) is 6.07 Å². The van der Waals surface area contributed by atoms with Crippen LogP contribution in [0.2, 0.25) is 0 Å². The van der Waals surface area contributed by atoms with Gasteiger partial charge < -0.3 is 9.47 Å². The summed E-state index contributed by atoms with van der Waals surface area (Å²) in [5.74, 6) is -3.16. The fourth-order valence-corrected chi connectivity index (χ4v) is 1.41. The number of ether oxygens (including phenoxy) is 2. The number of rotatable bonds is 5. The van der Waals surface area contributed by atoms with Crippen LogP contribution in [0.15, 0.2) is 6.07 Å². The lowest BCUT2D eigenvalue weighted by Gasteiger charge is -2.15. The molecule has 0 radical (unpaired) electrons. The number of pyridine rings is 1. The molecule has 1 rings (SSSR count). The van der Waals surface area contributed by atoms with Crippen molar-refractivity contribution in [3.05, 3.63) is 23.3 Å². The molecule has 0 aliphatic heterocycles. The van der Waals surface area contributed by atoms with E-state index >= 15 is 0 Å². The van der Waals surface area contributed by atoms with E-state index in [1.807, 2.05) is 0 Å². The molecule has 0 aromatic carbocycles. The predicted molar refractivity (Wildman–Crippen MR) is 56.0 cm³/mol. The van der Waals surface area contributed by atoms with Crippen LogP contribution in [0.1, 0.15) is 18.2 Å². The van der Waals surface area contributed by atoms with Crippen molar-refractivity contribution in [1.82, 2.24) is 4.98 Å². The first kappa shape index (κ1) is 16.1. The highest BCUT2D eigenvalue weighted by molar-refractivity contribution is 5.73. The van der Waals surface area contributed by atoms with Gasteiger partial charge in [0.1, 0.15) is 6.67 Å². The molecule has 20 heavy (non-hydrogen) atoms. The number of hydrogen-bond donors (Lipinski definition) is 0. The normalized spacial score (nSPS) is 11.3. The lowest BCUT2D eigenvalue weighted by Crippen LogP contribution is -2.21. The van der Waals surface area contributed by atoms with Crippen LogP contribution < -0.4 is 4.74 Å². The Kier molecular flexibility index (Phi) is 5.23. The molecule has 112 valence electrons. The fraction of sp³-hybridized carbons (Fsp3) is 0.455. The second-order valence-corrected chi connectivity index (χ2v) is 3.54. The molecule has 0 unspecified atom stereocenters. The van der Waals surface area contributed by atoms with Gasteiger partial charge in [-0.25, -0.2) is 9.37 Å². The van der Waals surface area contributed by atoms with E-state index in [4.69, 9.17) is 0 Å². The Bertz CT molecular complexity index is 490. The van der Waals surface area contributed by atoms with Crippen molar-refractivity contribution in [3.8, 4) is 5.75 Å². The molecule has 1 heterocycles. The van der Waals surface area contributed by atoms with Crippen LogP contribution in [0.5, 0.6) is 5.75 Å². The zero-order chi connectivity index (χ0) is 15.3. The lowest BCUT2D eigenvalue weighted by molar-refractivity contribution is -0.275. The van der Waals surface area contributed by atoms with Crippen LogP contribution in [0.3, 0.4) is 0 Å². The highest BCUT2D eigenvalue weighted by Gasteiger charge is 2.34. The molecule has 0 aliphatic carbocycles. The summed E-state index contributed by atoms with van der Waals surface area (Å²) in [6.07, 6.45) is -5.88. The average molecular weight is 299 g/mol. The zero-order valence-corrected chi connectivity index (χ0v) is 10.3. The predicted octanol–water partition coefficient (Wildman–Crippen LogP) is 2.69. The second kappa shape index (κ2) is 6.49. The highest BCUT2D eigenvalue weighted by atomic mass is 19.4. The molecule has 0 atom stereocenters. The quantitative estimate of drug-likeness (QED) is 0.476. The molecule has 0 saturated carbocycles. The van der Waals surface area contributed by atoms with Gasteiger partial charge in [-0.15, -0.1) is 13.2 Å². The summed E-state index contributed by atoms with van der Waals surface area (Å²) in [5, 5.41) is 0. The van der Waals surface area contributed by atoms with Crippen molar-refractivity contribution in [2.24, 2.45) is 0 Å². The first-order valence-corrected chi connectivity index (χ1v) is 5.42. The Hall–Kier alpha value is -1.93. The van der Waals surface area contributed by atoms with E-state index in [2.05, 4.69) is 14.5 Å². The van der Waals surface area contributed by atoms with Crippen LogP contribution in [0.25, 0.3) is 0 Å². The third-order valence-corrected chi connectivity index (χ3v) is 2.07. The number of carbonyl (C=O) groups excluding carboxylic acids is 1. The van der Waals surface area contributed by atoms with Crippen molar-refractivity contribution in [2.45, 2.75) is 26.4 Å². The number of alkyl halides is 4. The van der Waals surface area contributed by atoms with E-state index in [1.165, 1.54) is 6.92 Å². The smallest absolute Gasteiger partial charge is 0.466 e. The monoisotopic (exact) mass is 299 g/mol. The van der Waals surface area contributed by atoms with Gasteiger partial charge in [0.15, 0.2) is 5.75 Å². The summed E-state index contributed by atoms with van der Waals surface area (Å²) in [6, 6.07) is 0.468. The van der Waals surface area contributed by atoms with Crippen molar-refractivity contribution in [3.63, 3.8) is 0 Å². The van der Waals surface area contributed by atoms with Gasteiger partial charge >= 0.3 is 12.3 Å². The molecule has 0 aliphatic rings. The summed E-state index contributed by atoms with van der Waals surface area (Å²) < 4.78 is 70.6. The summed E-state index contributed by atoms with van der Waals surface area (Å²) in [5.41, 5.74) is -1.36. The minimum atomic E-state index is -5.12. The molecule has 0 amide bonds. The average Bonchev–Trinajstić information content (AvgIpc) is 2.31. The molecule has 0 spiro atoms. The lowest BCUT2D eigenvalue weighted by atomic mass is 10.1. The van der Waals surface area contributed by atoms with Gasteiger partial charge in [-0.05, 0) is 6.92 Å². The highest BCUT2D eigenvalue weighted by Crippen LogP contribution is 2.30. The maximum absolute atomic E-state index is 13.1. The summed E-state index contributed by atoms with van der Waals surface area (Å²) in [4.78, 5) is 14.4. The second-order valence-electron chi connectivity index (χ2n) is 3.54. The van der Waals surface area contributed by atoms with Crippen molar-refractivity contribution in [1.29, 1.82) is 0 Å². The Balaban J connectivity index is 3.18. The standard InChI is InChI=1S/C11H10F5NO3/c1-2-19-9(18)4-7-10(20-11(14,15)16)6(5-12)3-8(13)17-7/h3H,2,4-5H2,1H3. The first-order valence-electron chi connectivity index (χ1n) is 5.42. The molecule has 4 nitrogen and oxygen atoms in total. The number of halogens is 5. The maximum Gasteiger partial charge on any atom is 0.573 e. The number of hydrogen-bond acceptors (Lipinski definition) is 4. The van der Waals surface area contributed by atoms with Crippen LogP contribution in [0.4, 0.5) is 22.0 Å². The molecular weight excluding hydrogens is 289 g/mol. The van der Waals surface area contributed by atoms with Crippen LogP contribution in [-0.2, 0) is 22.6 Å².